The molecule has 7 heteroatoms. The number of nitrogens with one attached hydrogen (secondary N) is 1. The summed E-state index contributed by atoms with van der Waals surface area (Å²) in [7, 11) is 1.54. The van der Waals surface area contributed by atoms with Crippen molar-refractivity contribution >= 4 is 29.3 Å². The molecule has 1 amide bonds. The number of carbonyl (C=O) groups excluding carboxylic acids is 1. The number of rotatable bonds is 11. The van der Waals surface area contributed by atoms with Crippen molar-refractivity contribution in [3.63, 3.8) is 0 Å². The summed E-state index contributed by atoms with van der Waals surface area (Å²) >= 11 is 5.97. The van der Waals surface area contributed by atoms with Gasteiger partial charge in [0.2, 0.25) is 0 Å². The number of amides is 1. The molecule has 3 rings (SSSR count). The number of hydrogen-bond acceptors (Lipinski definition) is 5. The van der Waals surface area contributed by atoms with Crippen molar-refractivity contribution in [3.8, 4) is 23.3 Å². The highest BCUT2D eigenvalue weighted by atomic mass is 35.5. The maximum atomic E-state index is 12.9. The first kappa shape index (κ1) is 27.4. The summed E-state index contributed by atoms with van der Waals surface area (Å²) in [5, 5.41) is 13.1. The van der Waals surface area contributed by atoms with E-state index in [9.17, 15) is 10.1 Å². The predicted octanol–water partition coefficient (Wildman–Crippen LogP) is 6.99. The highest BCUT2D eigenvalue weighted by Gasteiger charge is 2.15. The Morgan fingerprint density at radius 1 is 1.16 bits per heavy atom. The molecule has 0 aliphatic carbocycles. The van der Waals surface area contributed by atoms with Gasteiger partial charge in [-0.25, -0.2) is 0 Å². The zero-order valence-corrected chi connectivity index (χ0v) is 21.8. The second-order valence-corrected chi connectivity index (χ2v) is 8.87. The number of hydrogen-bond donors (Lipinski definition) is 1. The summed E-state index contributed by atoms with van der Waals surface area (Å²) < 4.78 is 17.4. The second kappa shape index (κ2) is 13.2. The van der Waals surface area contributed by atoms with Crippen LogP contribution in [0.4, 0.5) is 5.69 Å². The zero-order valence-electron chi connectivity index (χ0n) is 21.1. The first-order valence-corrected chi connectivity index (χ1v) is 12.1. The van der Waals surface area contributed by atoms with E-state index in [2.05, 4.69) is 11.9 Å². The Morgan fingerprint density at radius 2 is 1.92 bits per heavy atom. The van der Waals surface area contributed by atoms with E-state index in [0.29, 0.717) is 46.5 Å². The number of halogens is 1. The smallest absolute Gasteiger partial charge is 0.266 e. The van der Waals surface area contributed by atoms with Gasteiger partial charge in [-0.1, -0.05) is 35.9 Å². The van der Waals surface area contributed by atoms with Gasteiger partial charge < -0.3 is 19.5 Å². The molecule has 1 N–H and O–H groups in total. The fourth-order valence-corrected chi connectivity index (χ4v) is 3.68. The number of carbonyl (C=O) groups is 1. The van der Waals surface area contributed by atoms with Crippen molar-refractivity contribution in [2.75, 3.05) is 12.4 Å². The lowest BCUT2D eigenvalue weighted by Crippen LogP contribution is -2.14. The number of nitriles is 1. The van der Waals surface area contributed by atoms with E-state index in [1.807, 2.05) is 38.1 Å². The highest BCUT2D eigenvalue weighted by Crippen LogP contribution is 2.35. The van der Waals surface area contributed by atoms with Crippen LogP contribution in [-0.4, -0.2) is 19.1 Å². The highest BCUT2D eigenvalue weighted by molar-refractivity contribution is 6.30. The minimum atomic E-state index is -0.531. The molecular formula is C30H29ClN2O4. The lowest BCUT2D eigenvalue weighted by molar-refractivity contribution is -0.112. The second-order valence-electron chi connectivity index (χ2n) is 8.44. The summed E-state index contributed by atoms with van der Waals surface area (Å²) in [5.41, 5.74) is 2.85. The minimum absolute atomic E-state index is 0.00148. The van der Waals surface area contributed by atoms with Crippen LogP contribution in [-0.2, 0) is 17.8 Å². The monoisotopic (exact) mass is 516 g/mol. The first-order valence-electron chi connectivity index (χ1n) is 11.7. The topological polar surface area (TPSA) is 80.6 Å². The molecule has 0 atom stereocenters. The third kappa shape index (κ3) is 7.89. The molecule has 0 saturated heterocycles. The number of benzene rings is 3. The van der Waals surface area contributed by atoms with Crippen LogP contribution in [0.5, 0.6) is 17.2 Å². The van der Waals surface area contributed by atoms with Crippen molar-refractivity contribution in [1.82, 2.24) is 0 Å². The van der Waals surface area contributed by atoms with E-state index in [1.165, 1.54) is 6.08 Å². The maximum Gasteiger partial charge on any atom is 0.266 e. The molecule has 190 valence electrons. The molecule has 3 aromatic carbocycles. The molecule has 0 fully saturated rings. The molecule has 0 unspecified atom stereocenters. The van der Waals surface area contributed by atoms with Gasteiger partial charge in [-0.15, -0.1) is 6.58 Å². The molecule has 0 aromatic heterocycles. The molecule has 37 heavy (non-hydrogen) atoms. The molecule has 3 aromatic rings. The van der Waals surface area contributed by atoms with E-state index in [1.54, 1.807) is 55.7 Å². The molecule has 0 bridgehead atoms. The van der Waals surface area contributed by atoms with Gasteiger partial charge in [0.05, 0.1) is 13.2 Å². The summed E-state index contributed by atoms with van der Waals surface area (Å²) in [6.07, 6.45) is 3.77. The number of methoxy groups -OCH3 is 1. The average Bonchev–Trinajstić information content (AvgIpc) is 2.87. The van der Waals surface area contributed by atoms with Gasteiger partial charge in [0, 0.05) is 22.3 Å². The summed E-state index contributed by atoms with van der Waals surface area (Å²) in [6, 6.07) is 20.0. The third-order valence-corrected chi connectivity index (χ3v) is 5.43. The van der Waals surface area contributed by atoms with Crippen LogP contribution in [0.3, 0.4) is 0 Å². The van der Waals surface area contributed by atoms with Crippen molar-refractivity contribution < 1.29 is 19.0 Å². The van der Waals surface area contributed by atoms with Gasteiger partial charge in [-0.05, 0) is 73.9 Å². The normalized spacial score (nSPS) is 11.0. The van der Waals surface area contributed by atoms with Crippen molar-refractivity contribution in [3.05, 3.63) is 101 Å². The van der Waals surface area contributed by atoms with Gasteiger partial charge >= 0.3 is 0 Å². The number of ether oxygens (including phenoxy) is 3. The predicted molar refractivity (Wildman–Crippen MR) is 147 cm³/mol. The summed E-state index contributed by atoms with van der Waals surface area (Å²) in [5.74, 6) is 1.15. The van der Waals surface area contributed by atoms with Crippen molar-refractivity contribution in [2.24, 2.45) is 0 Å². The van der Waals surface area contributed by atoms with Crippen molar-refractivity contribution in [1.29, 1.82) is 5.26 Å². The summed E-state index contributed by atoms with van der Waals surface area (Å²) in [4.78, 5) is 12.9. The molecule has 0 saturated carbocycles. The van der Waals surface area contributed by atoms with Gasteiger partial charge in [-0.2, -0.15) is 5.26 Å². The maximum absolute atomic E-state index is 12.9. The first-order chi connectivity index (χ1) is 17.8. The standard InChI is InChI=1S/C30H29ClN2O4/c1-5-7-23-14-22(16-28(35-4)29(23)36-19-21-10-12-25(31)13-11-21)15-24(18-32)30(34)33-26-8-6-9-27(17-26)37-20(2)3/h5-6,8-17,20H,1,7,19H2,2-4H3,(H,33,34)/b24-15-. The van der Waals surface area contributed by atoms with Gasteiger partial charge in [0.25, 0.3) is 5.91 Å². The van der Waals surface area contributed by atoms with Gasteiger partial charge in [0.1, 0.15) is 24.0 Å². The lowest BCUT2D eigenvalue weighted by atomic mass is 10.0. The molecule has 0 heterocycles. The Balaban J connectivity index is 1.86. The van der Waals surface area contributed by atoms with E-state index >= 15 is 0 Å². The SMILES string of the molecule is C=CCc1cc(/C=C(/C#N)C(=O)Nc2cccc(OC(C)C)c2)cc(OC)c1OCc1ccc(Cl)cc1. The van der Waals surface area contributed by atoms with E-state index in [0.717, 1.165) is 11.1 Å². The van der Waals surface area contributed by atoms with Gasteiger partial charge in [0.15, 0.2) is 11.5 Å². The van der Waals surface area contributed by atoms with Crippen LogP contribution in [0.25, 0.3) is 6.08 Å². The Morgan fingerprint density at radius 3 is 2.57 bits per heavy atom. The molecule has 6 nitrogen and oxygen atoms in total. The third-order valence-electron chi connectivity index (χ3n) is 5.17. The van der Waals surface area contributed by atoms with Crippen LogP contribution in [0.15, 0.2) is 78.9 Å². The molecule has 0 spiro atoms. The zero-order chi connectivity index (χ0) is 26.8. The van der Waals surface area contributed by atoms with Crippen molar-refractivity contribution in [2.45, 2.75) is 33.0 Å². The van der Waals surface area contributed by atoms with Crippen LogP contribution in [0, 0.1) is 11.3 Å². The largest absolute Gasteiger partial charge is 0.493 e. The van der Waals surface area contributed by atoms with E-state index in [-0.39, 0.29) is 11.7 Å². The number of allylic oxidation sites excluding steroid dienone is 1. The molecular weight excluding hydrogens is 488 g/mol. The quantitative estimate of drug-likeness (QED) is 0.169. The van der Waals surface area contributed by atoms with Crippen LogP contribution in [0.2, 0.25) is 5.02 Å². The fourth-order valence-electron chi connectivity index (χ4n) is 3.56. The lowest BCUT2D eigenvalue weighted by Gasteiger charge is -2.16. The number of anilines is 1. The fraction of sp³-hybridized carbons (Fsp3) is 0.200. The van der Waals surface area contributed by atoms with E-state index < -0.39 is 5.91 Å². The Kier molecular flexibility index (Phi) is 9.76. The van der Waals surface area contributed by atoms with Crippen LogP contribution >= 0.6 is 11.6 Å². The van der Waals surface area contributed by atoms with Crippen LogP contribution in [0.1, 0.15) is 30.5 Å². The number of nitrogens with zero attached hydrogens (tertiary/aromatic N) is 1. The minimum Gasteiger partial charge on any atom is -0.493 e. The Bertz CT molecular complexity index is 1320. The Hall–Kier alpha value is -4.21. The Labute approximate surface area is 222 Å². The van der Waals surface area contributed by atoms with Crippen LogP contribution < -0.4 is 19.5 Å². The molecule has 0 aliphatic rings. The molecule has 0 radical (unpaired) electrons. The average molecular weight is 517 g/mol. The van der Waals surface area contributed by atoms with E-state index in [4.69, 9.17) is 25.8 Å². The van der Waals surface area contributed by atoms with Gasteiger partial charge in [-0.3, -0.25) is 4.79 Å². The summed E-state index contributed by atoms with van der Waals surface area (Å²) in [6.45, 7) is 7.99. The molecule has 0 aliphatic heterocycles.